The van der Waals surface area contributed by atoms with Crippen LogP contribution in [0.2, 0.25) is 0 Å². The molecule has 1 aromatic rings. The molecule has 0 fully saturated rings. The van der Waals surface area contributed by atoms with Crippen LogP contribution in [0.5, 0.6) is 0 Å². The molecular weight excluding hydrogens is 260 g/mol. The Labute approximate surface area is 97.1 Å². The van der Waals surface area contributed by atoms with Gasteiger partial charge in [0.2, 0.25) is 0 Å². The minimum Gasteiger partial charge on any atom is -0.296 e. The molecule has 0 aromatic heterocycles. The summed E-state index contributed by atoms with van der Waals surface area (Å²) in [5.74, 6) is -0.738. The van der Waals surface area contributed by atoms with Crippen LogP contribution in [0.25, 0.3) is 0 Å². The van der Waals surface area contributed by atoms with Gasteiger partial charge in [-0.25, -0.2) is 4.79 Å². The van der Waals surface area contributed by atoms with Gasteiger partial charge in [-0.2, -0.15) is 5.26 Å². The molecule has 0 radical (unpaired) electrons. The van der Waals surface area contributed by atoms with Crippen molar-refractivity contribution in [3.8, 4) is 0 Å². The number of hydrogen-bond donors (Lipinski definition) is 1. The van der Waals surface area contributed by atoms with E-state index < -0.39 is 5.97 Å². The van der Waals surface area contributed by atoms with Gasteiger partial charge in [0.05, 0.1) is 5.56 Å². The summed E-state index contributed by atoms with van der Waals surface area (Å²) in [4.78, 5) is 14.6. The second-order valence-electron chi connectivity index (χ2n) is 3.97. The van der Waals surface area contributed by atoms with Gasteiger partial charge in [0.25, 0.3) is 0 Å². The van der Waals surface area contributed by atoms with E-state index in [9.17, 15) is 4.79 Å². The summed E-state index contributed by atoms with van der Waals surface area (Å²) in [5, 5.41) is 9.04. The second-order valence-corrected chi connectivity index (χ2v) is 4.53. The Balaban J connectivity index is 2.95. The minimum atomic E-state index is -0.738. The summed E-state index contributed by atoms with van der Waals surface area (Å²) in [6, 6.07) is 6.98. The lowest BCUT2D eigenvalue weighted by Gasteiger charge is -2.22. The number of hydrogen-bond acceptors (Lipinski definition) is 3. The number of rotatable bonds is 3. The van der Waals surface area contributed by atoms with Gasteiger partial charge in [-0.15, -0.1) is 0 Å². The van der Waals surface area contributed by atoms with E-state index in [0.717, 1.165) is 10.9 Å². The van der Waals surface area contributed by atoms with Crippen LogP contribution < -0.4 is 0 Å². The van der Waals surface area contributed by atoms with Crippen molar-refractivity contribution >= 4 is 21.9 Å². The molecule has 0 unspecified atom stereocenters. The molecule has 1 N–H and O–H groups in total. The average Bonchev–Trinajstić information content (AvgIpc) is 2.28. The van der Waals surface area contributed by atoms with Crippen molar-refractivity contribution in [2.24, 2.45) is 0 Å². The molecule has 1 rings (SSSR count). The average molecular weight is 273 g/mol. The standard InChI is InChI=1S/C11H13BrO3/c1-11(2,7-12)9-5-3-8(4-6-9)10(13)15-14/h3-6,14H,7H2,1-2H3. The first-order chi connectivity index (χ1) is 7.01. The fourth-order valence-corrected chi connectivity index (χ4v) is 1.51. The molecule has 0 saturated carbocycles. The molecule has 0 aliphatic rings. The predicted molar refractivity (Wildman–Crippen MR) is 61.3 cm³/mol. The van der Waals surface area contributed by atoms with Gasteiger partial charge in [0.15, 0.2) is 0 Å². The summed E-state index contributed by atoms with van der Waals surface area (Å²) < 4.78 is 0. The van der Waals surface area contributed by atoms with Crippen LogP contribution in [0.15, 0.2) is 24.3 Å². The molecule has 0 aliphatic carbocycles. The minimum absolute atomic E-state index is 0.0155. The first-order valence-corrected chi connectivity index (χ1v) is 5.65. The summed E-state index contributed by atoms with van der Waals surface area (Å²) >= 11 is 3.44. The van der Waals surface area contributed by atoms with Crippen molar-refractivity contribution in [1.29, 1.82) is 0 Å². The van der Waals surface area contributed by atoms with E-state index in [2.05, 4.69) is 34.7 Å². The summed E-state index contributed by atoms with van der Waals surface area (Å²) in [6.07, 6.45) is 0. The molecule has 0 spiro atoms. The van der Waals surface area contributed by atoms with Crippen molar-refractivity contribution in [1.82, 2.24) is 0 Å². The fraction of sp³-hybridized carbons (Fsp3) is 0.364. The van der Waals surface area contributed by atoms with Crippen LogP contribution in [-0.4, -0.2) is 16.6 Å². The van der Waals surface area contributed by atoms with Gasteiger partial charge >= 0.3 is 5.97 Å². The largest absolute Gasteiger partial charge is 0.372 e. The van der Waals surface area contributed by atoms with Crippen LogP contribution in [-0.2, 0) is 10.3 Å². The van der Waals surface area contributed by atoms with Gasteiger partial charge in [-0.1, -0.05) is 41.9 Å². The highest BCUT2D eigenvalue weighted by Gasteiger charge is 2.19. The molecule has 0 aliphatic heterocycles. The molecule has 3 nitrogen and oxygen atoms in total. The molecule has 0 saturated heterocycles. The monoisotopic (exact) mass is 272 g/mol. The maximum Gasteiger partial charge on any atom is 0.372 e. The smallest absolute Gasteiger partial charge is 0.296 e. The van der Waals surface area contributed by atoms with Crippen LogP contribution >= 0.6 is 15.9 Å². The Morgan fingerprint density at radius 1 is 1.40 bits per heavy atom. The molecule has 15 heavy (non-hydrogen) atoms. The number of benzene rings is 1. The Kier molecular flexibility index (Phi) is 3.88. The topological polar surface area (TPSA) is 46.5 Å². The lowest BCUT2D eigenvalue weighted by molar-refractivity contribution is -0.182. The van der Waals surface area contributed by atoms with Crippen molar-refractivity contribution in [3.63, 3.8) is 0 Å². The van der Waals surface area contributed by atoms with Crippen molar-refractivity contribution in [2.45, 2.75) is 19.3 Å². The summed E-state index contributed by atoms with van der Waals surface area (Å²) in [5.41, 5.74) is 1.47. The second kappa shape index (κ2) is 4.77. The van der Waals surface area contributed by atoms with Crippen LogP contribution in [0.3, 0.4) is 0 Å². The highest BCUT2D eigenvalue weighted by molar-refractivity contribution is 9.09. The van der Waals surface area contributed by atoms with E-state index >= 15 is 0 Å². The molecule has 82 valence electrons. The van der Waals surface area contributed by atoms with E-state index in [1.165, 1.54) is 0 Å². The molecule has 0 atom stereocenters. The number of carbonyl (C=O) groups excluding carboxylic acids is 1. The first kappa shape index (κ1) is 12.2. The Bertz CT molecular complexity index is 343. The SMILES string of the molecule is CC(C)(CBr)c1ccc(C(=O)OO)cc1. The van der Waals surface area contributed by atoms with Gasteiger partial charge in [-0.05, 0) is 23.1 Å². The highest BCUT2D eigenvalue weighted by Crippen LogP contribution is 2.25. The predicted octanol–water partition coefficient (Wildman–Crippen LogP) is 2.99. The Hall–Kier alpha value is -0.870. The third-order valence-corrected chi connectivity index (χ3v) is 3.72. The quantitative estimate of drug-likeness (QED) is 0.523. The Morgan fingerprint density at radius 3 is 2.33 bits per heavy atom. The summed E-state index contributed by atoms with van der Waals surface area (Å²) in [7, 11) is 0. The Morgan fingerprint density at radius 2 is 1.93 bits per heavy atom. The molecule has 0 amide bonds. The van der Waals surface area contributed by atoms with Crippen LogP contribution in [0.4, 0.5) is 0 Å². The van der Waals surface area contributed by atoms with Gasteiger partial charge in [0.1, 0.15) is 0 Å². The zero-order valence-corrected chi connectivity index (χ0v) is 10.2. The lowest BCUT2D eigenvalue weighted by atomic mass is 9.86. The molecular formula is C11H13BrO3. The van der Waals surface area contributed by atoms with Crippen molar-refractivity contribution < 1.29 is 14.9 Å². The highest BCUT2D eigenvalue weighted by atomic mass is 79.9. The van der Waals surface area contributed by atoms with Crippen LogP contribution in [0, 0.1) is 0 Å². The van der Waals surface area contributed by atoms with Crippen LogP contribution in [0.1, 0.15) is 29.8 Å². The normalized spacial score (nSPS) is 11.2. The zero-order chi connectivity index (χ0) is 11.5. The number of alkyl halides is 1. The van der Waals surface area contributed by atoms with E-state index in [1.807, 2.05) is 12.1 Å². The number of carbonyl (C=O) groups is 1. The van der Waals surface area contributed by atoms with E-state index in [4.69, 9.17) is 5.26 Å². The van der Waals surface area contributed by atoms with Gasteiger partial charge in [-0.3, -0.25) is 4.89 Å². The lowest BCUT2D eigenvalue weighted by Crippen LogP contribution is -2.18. The maximum atomic E-state index is 11.0. The molecule has 1 aromatic carbocycles. The summed E-state index contributed by atoms with van der Waals surface area (Å²) in [6.45, 7) is 4.20. The first-order valence-electron chi connectivity index (χ1n) is 4.53. The van der Waals surface area contributed by atoms with Crippen molar-refractivity contribution in [3.05, 3.63) is 35.4 Å². The van der Waals surface area contributed by atoms with E-state index in [1.54, 1.807) is 12.1 Å². The molecule has 0 bridgehead atoms. The fourth-order valence-electron chi connectivity index (χ4n) is 1.19. The van der Waals surface area contributed by atoms with Crippen molar-refractivity contribution in [2.75, 3.05) is 5.33 Å². The van der Waals surface area contributed by atoms with Gasteiger partial charge < -0.3 is 0 Å². The molecule has 4 heteroatoms. The zero-order valence-electron chi connectivity index (χ0n) is 8.66. The number of halogens is 1. The molecule has 0 heterocycles. The van der Waals surface area contributed by atoms with E-state index in [0.29, 0.717) is 5.56 Å². The van der Waals surface area contributed by atoms with Gasteiger partial charge in [0, 0.05) is 5.33 Å². The third-order valence-electron chi connectivity index (χ3n) is 2.32. The van der Waals surface area contributed by atoms with E-state index in [-0.39, 0.29) is 5.41 Å². The maximum absolute atomic E-state index is 11.0. The third kappa shape index (κ3) is 2.79.